The molecule has 1 aliphatic heterocycles. The Balaban J connectivity index is 2.26. The van der Waals surface area contributed by atoms with Crippen molar-refractivity contribution in [3.8, 4) is 0 Å². The van der Waals surface area contributed by atoms with Gasteiger partial charge in [-0.05, 0) is 30.6 Å². The molecule has 15 heavy (non-hydrogen) atoms. The standard InChI is InChI=1S/C11H16O3S/c1-9-6-15(14)11(8(12)13)5-7(9)3-4-10(9,11)2/h7H,3-6H2,1-2H3,(H,12,13)/t7-,9-,10+,11-,15+/m1/s1. The minimum atomic E-state index is -1.18. The fourth-order valence-corrected chi connectivity index (χ4v) is 7.28. The van der Waals surface area contributed by atoms with Gasteiger partial charge in [-0.3, -0.25) is 9.00 Å². The smallest absolute Gasteiger partial charge is 0.323 e. The number of hydrogen-bond donors (Lipinski definition) is 1. The van der Waals surface area contributed by atoms with Crippen molar-refractivity contribution in [1.82, 2.24) is 0 Å². The fourth-order valence-electron chi connectivity index (χ4n) is 4.52. The molecule has 1 N–H and O–H groups in total. The summed E-state index contributed by atoms with van der Waals surface area (Å²) in [6, 6.07) is 0. The quantitative estimate of drug-likeness (QED) is 0.738. The molecule has 0 radical (unpaired) electrons. The van der Waals surface area contributed by atoms with Crippen LogP contribution in [0.2, 0.25) is 0 Å². The second-order valence-corrected chi connectivity index (χ2v) is 7.49. The molecular weight excluding hydrogens is 212 g/mol. The Kier molecular flexibility index (Phi) is 1.51. The molecule has 1 heterocycles. The van der Waals surface area contributed by atoms with Gasteiger partial charge in [-0.25, -0.2) is 0 Å². The van der Waals surface area contributed by atoms with E-state index < -0.39 is 21.5 Å². The molecule has 4 heteroatoms. The molecule has 0 aromatic rings. The van der Waals surface area contributed by atoms with E-state index in [0.29, 0.717) is 18.1 Å². The van der Waals surface area contributed by atoms with E-state index in [-0.39, 0.29) is 10.8 Å². The van der Waals surface area contributed by atoms with E-state index in [4.69, 9.17) is 0 Å². The van der Waals surface area contributed by atoms with Gasteiger partial charge in [0.15, 0.2) is 0 Å². The summed E-state index contributed by atoms with van der Waals surface area (Å²) < 4.78 is 11.2. The molecule has 84 valence electrons. The minimum Gasteiger partial charge on any atom is -0.480 e. The predicted octanol–water partition coefficient (Wildman–Crippen LogP) is 1.40. The molecule has 1 saturated heterocycles. The van der Waals surface area contributed by atoms with Gasteiger partial charge in [0.05, 0.1) is 0 Å². The Labute approximate surface area is 91.7 Å². The molecule has 3 aliphatic rings. The molecule has 3 fully saturated rings. The molecule has 3 rings (SSSR count). The van der Waals surface area contributed by atoms with Crippen molar-refractivity contribution in [1.29, 1.82) is 0 Å². The zero-order valence-corrected chi connectivity index (χ0v) is 9.89. The second kappa shape index (κ2) is 2.31. The third-order valence-electron chi connectivity index (χ3n) is 5.74. The summed E-state index contributed by atoms with van der Waals surface area (Å²) in [5.41, 5.74) is -0.225. The lowest BCUT2D eigenvalue weighted by Crippen LogP contribution is -2.51. The molecule has 4 bridgehead atoms. The monoisotopic (exact) mass is 228 g/mol. The van der Waals surface area contributed by atoms with E-state index in [1.54, 1.807) is 0 Å². The van der Waals surface area contributed by atoms with Crippen LogP contribution in [0.15, 0.2) is 0 Å². The van der Waals surface area contributed by atoms with Crippen molar-refractivity contribution in [2.45, 2.75) is 37.9 Å². The van der Waals surface area contributed by atoms with Crippen molar-refractivity contribution >= 4 is 16.8 Å². The van der Waals surface area contributed by atoms with Crippen molar-refractivity contribution in [3.05, 3.63) is 0 Å². The highest BCUT2D eigenvalue weighted by Crippen LogP contribution is 2.76. The topological polar surface area (TPSA) is 54.4 Å². The van der Waals surface area contributed by atoms with Crippen molar-refractivity contribution in [2.75, 3.05) is 5.75 Å². The SMILES string of the molecule is C[C@@]12CC[C@@H]3C[C@]1(C(=O)O)[S@@](=O)C[C@]32C. The Morgan fingerprint density at radius 2 is 2.13 bits per heavy atom. The lowest BCUT2D eigenvalue weighted by Gasteiger charge is -2.37. The van der Waals surface area contributed by atoms with Gasteiger partial charge in [-0.2, -0.15) is 0 Å². The van der Waals surface area contributed by atoms with E-state index in [2.05, 4.69) is 13.8 Å². The number of carboxylic acids is 1. The Morgan fingerprint density at radius 3 is 2.60 bits per heavy atom. The van der Waals surface area contributed by atoms with Gasteiger partial charge in [0, 0.05) is 22.0 Å². The van der Waals surface area contributed by atoms with Crippen LogP contribution >= 0.6 is 0 Å². The van der Waals surface area contributed by atoms with Crippen LogP contribution in [0.3, 0.4) is 0 Å². The summed E-state index contributed by atoms with van der Waals surface area (Å²) in [6.07, 6.45) is 2.70. The van der Waals surface area contributed by atoms with Crippen molar-refractivity contribution < 1.29 is 14.1 Å². The molecule has 5 atom stereocenters. The third kappa shape index (κ3) is 0.690. The fraction of sp³-hybridized carbons (Fsp3) is 0.909. The highest BCUT2D eigenvalue weighted by atomic mass is 32.2. The van der Waals surface area contributed by atoms with E-state index in [1.807, 2.05) is 0 Å². The van der Waals surface area contributed by atoms with Gasteiger partial charge < -0.3 is 5.11 Å². The number of hydrogen-bond acceptors (Lipinski definition) is 2. The number of rotatable bonds is 1. The van der Waals surface area contributed by atoms with Crippen LogP contribution in [-0.2, 0) is 15.6 Å². The van der Waals surface area contributed by atoms with E-state index in [0.717, 1.165) is 12.8 Å². The van der Waals surface area contributed by atoms with Gasteiger partial charge in [-0.1, -0.05) is 13.8 Å². The van der Waals surface area contributed by atoms with Crippen LogP contribution in [0, 0.1) is 16.7 Å². The first-order valence-electron chi connectivity index (χ1n) is 5.50. The van der Waals surface area contributed by atoms with Crippen LogP contribution in [0.25, 0.3) is 0 Å². The normalized spacial score (nSPS) is 61.2. The van der Waals surface area contributed by atoms with Gasteiger partial charge in [-0.15, -0.1) is 0 Å². The van der Waals surface area contributed by atoms with Gasteiger partial charge >= 0.3 is 5.97 Å². The summed E-state index contributed by atoms with van der Waals surface area (Å²) in [7, 11) is -1.18. The molecule has 3 nitrogen and oxygen atoms in total. The predicted molar refractivity (Wildman–Crippen MR) is 56.9 cm³/mol. The van der Waals surface area contributed by atoms with Crippen LogP contribution in [-0.4, -0.2) is 25.8 Å². The average molecular weight is 228 g/mol. The number of aliphatic carboxylic acids is 1. The largest absolute Gasteiger partial charge is 0.480 e. The van der Waals surface area contributed by atoms with Crippen molar-refractivity contribution in [3.63, 3.8) is 0 Å². The van der Waals surface area contributed by atoms with Gasteiger partial charge in [0.1, 0.15) is 4.75 Å². The summed E-state index contributed by atoms with van der Waals surface area (Å²) in [5, 5.41) is 9.47. The number of carboxylic acid groups (broad SMARTS) is 1. The van der Waals surface area contributed by atoms with Crippen LogP contribution in [0.4, 0.5) is 0 Å². The molecule has 0 spiro atoms. The van der Waals surface area contributed by atoms with Crippen LogP contribution < -0.4 is 0 Å². The summed E-state index contributed by atoms with van der Waals surface area (Å²) >= 11 is 0. The van der Waals surface area contributed by atoms with E-state index >= 15 is 0 Å². The molecule has 2 saturated carbocycles. The highest BCUT2D eigenvalue weighted by molar-refractivity contribution is 7.87. The first kappa shape index (κ1) is 9.82. The van der Waals surface area contributed by atoms with Gasteiger partial charge in [0.2, 0.25) is 0 Å². The maximum absolute atomic E-state index is 12.1. The zero-order chi connectivity index (χ0) is 11.1. The maximum atomic E-state index is 12.1. The minimum absolute atomic E-state index is 0.0102. The third-order valence-corrected chi connectivity index (χ3v) is 8.18. The summed E-state index contributed by atoms with van der Waals surface area (Å²) in [6.45, 7) is 4.21. The van der Waals surface area contributed by atoms with Gasteiger partial charge in [0.25, 0.3) is 0 Å². The molecular formula is C11H16O3S. The second-order valence-electron chi connectivity index (χ2n) is 5.81. The first-order valence-corrected chi connectivity index (χ1v) is 6.82. The van der Waals surface area contributed by atoms with Crippen LogP contribution in [0.5, 0.6) is 0 Å². The van der Waals surface area contributed by atoms with E-state index in [9.17, 15) is 14.1 Å². The Bertz CT molecular complexity index is 393. The zero-order valence-electron chi connectivity index (χ0n) is 9.08. The summed E-state index contributed by atoms with van der Waals surface area (Å²) in [4.78, 5) is 11.5. The van der Waals surface area contributed by atoms with Crippen molar-refractivity contribution in [2.24, 2.45) is 16.7 Å². The lowest BCUT2D eigenvalue weighted by molar-refractivity contribution is -0.143. The maximum Gasteiger partial charge on any atom is 0.323 e. The average Bonchev–Trinajstić information content (AvgIpc) is 2.55. The van der Waals surface area contributed by atoms with E-state index in [1.165, 1.54) is 0 Å². The molecule has 2 aliphatic carbocycles. The lowest BCUT2D eigenvalue weighted by atomic mass is 9.66. The molecule has 0 amide bonds. The molecule has 0 unspecified atom stereocenters. The number of carbonyl (C=O) groups is 1. The Hall–Kier alpha value is -0.380. The Morgan fingerprint density at radius 1 is 1.47 bits per heavy atom. The highest BCUT2D eigenvalue weighted by Gasteiger charge is 2.80. The summed E-state index contributed by atoms with van der Waals surface area (Å²) in [5.74, 6) is 0.256. The van der Waals surface area contributed by atoms with Crippen LogP contribution in [0.1, 0.15) is 33.1 Å². The first-order chi connectivity index (χ1) is 6.88. The molecule has 0 aromatic carbocycles. The molecule has 0 aromatic heterocycles.